The van der Waals surface area contributed by atoms with Crippen molar-refractivity contribution in [3.8, 4) is 11.1 Å². The SMILES string of the molecule is CC(C)C(=O)CNC(=O)C1CSc2c(F)c(F)c(c(F)c2F)-c2c(F)c(F)c(c(F)c2F)SCC(NS)C(=O)NC(CCCN=C(N)N)C(=O)NC(CCCN=C(N)N)C(=O)NC(CCCN=C(N)N)C(=O)NC(CCCN=C(N)N)C(=O)NC(CCCN=C(N)N)C(=O)NC(CCCN=C(N)N)C(=O)N1. The van der Waals surface area contributed by atoms with Crippen LogP contribution in [0.25, 0.3) is 11.1 Å². The van der Waals surface area contributed by atoms with Gasteiger partial charge in [-0.25, -0.2) is 35.1 Å². The Labute approximate surface area is 616 Å². The van der Waals surface area contributed by atoms with Crippen molar-refractivity contribution in [2.45, 2.75) is 149 Å². The van der Waals surface area contributed by atoms with Crippen LogP contribution in [0.1, 0.15) is 90.9 Å². The Morgan fingerprint density at radius 3 is 0.868 bits per heavy atom. The lowest BCUT2D eigenvalue weighted by molar-refractivity contribution is -0.136. The molecular weight excluding hydrogens is 1480 g/mol. The second-order valence-electron chi connectivity index (χ2n) is 23.7. The molecule has 8 unspecified atom stereocenters. The van der Waals surface area contributed by atoms with Gasteiger partial charge in [-0.3, -0.25) is 77.8 Å². The summed E-state index contributed by atoms with van der Waals surface area (Å²) in [7, 11) is 0. The van der Waals surface area contributed by atoms with Gasteiger partial charge in [0.05, 0.1) is 27.5 Å². The van der Waals surface area contributed by atoms with Crippen LogP contribution in [-0.2, 0) is 43.2 Å². The molecule has 8 amide bonds. The van der Waals surface area contributed by atoms with Gasteiger partial charge < -0.3 is 111 Å². The molecule has 0 saturated carbocycles. The fraction of sp³-hybridized carbons (Fsp3) is 0.542. The topological polar surface area (TPSA) is 648 Å². The molecule has 3 aliphatic heterocycles. The van der Waals surface area contributed by atoms with E-state index >= 15 is 35.1 Å². The van der Waals surface area contributed by atoms with E-state index in [0.29, 0.717) is 0 Å². The largest absolute Gasteiger partial charge is 0.370 e. The minimum atomic E-state index is -2.64. The third-order valence-corrected chi connectivity index (χ3v) is 17.7. The molecule has 0 radical (unpaired) electrons. The average molecular weight is 1570 g/mol. The molecule has 4 bridgehead atoms. The maximum atomic E-state index is 16.3. The van der Waals surface area contributed by atoms with Gasteiger partial charge in [0.1, 0.15) is 48.3 Å². The van der Waals surface area contributed by atoms with Crippen molar-refractivity contribution in [1.82, 2.24) is 47.3 Å². The molecule has 3 aliphatic rings. The Balaban J connectivity index is 2.49. The van der Waals surface area contributed by atoms with Crippen molar-refractivity contribution < 1.29 is 78.3 Å². The van der Waals surface area contributed by atoms with Crippen molar-refractivity contribution >= 4 is 125 Å². The van der Waals surface area contributed by atoms with Crippen molar-refractivity contribution in [3.63, 3.8) is 0 Å². The number of fused-ring (bicyclic) bond motifs is 2. The van der Waals surface area contributed by atoms with Gasteiger partial charge in [0.2, 0.25) is 47.3 Å². The number of benzene rings is 2. The smallest absolute Gasteiger partial charge is 0.243 e. The van der Waals surface area contributed by atoms with E-state index in [0.717, 1.165) is 0 Å². The molecule has 2 aromatic rings. The number of Topliss-reactive ketones (excluding diaryl/α,β-unsaturated/α-hetero) is 1. The van der Waals surface area contributed by atoms with Gasteiger partial charge in [0, 0.05) is 56.7 Å². The third kappa shape index (κ3) is 29.8. The Morgan fingerprint density at radius 1 is 0.396 bits per heavy atom. The highest BCUT2D eigenvalue weighted by Crippen LogP contribution is 2.42. The zero-order valence-corrected chi connectivity index (χ0v) is 60.1. The molecule has 0 aromatic heterocycles. The monoisotopic (exact) mass is 1570 g/mol. The average Bonchev–Trinajstić information content (AvgIpc) is 0.746. The number of nitrogens with zero attached hydrogens (tertiary/aromatic N) is 6. The van der Waals surface area contributed by atoms with Crippen LogP contribution in [0.15, 0.2) is 39.7 Å². The molecular formula is C59H91F8N27O9S3. The molecule has 0 spiro atoms. The van der Waals surface area contributed by atoms with Gasteiger partial charge in [-0.1, -0.05) is 26.7 Å². The number of rotatable bonds is 29. The van der Waals surface area contributed by atoms with Gasteiger partial charge in [-0.05, 0) is 77.0 Å². The lowest BCUT2D eigenvalue weighted by Gasteiger charge is -2.28. The van der Waals surface area contributed by atoms with E-state index in [1.54, 1.807) is 0 Å². The van der Waals surface area contributed by atoms with E-state index in [-0.39, 0.29) is 157 Å². The highest BCUT2D eigenvalue weighted by atomic mass is 32.2. The van der Waals surface area contributed by atoms with Crippen LogP contribution < -0.4 is 116 Å². The number of guanidine groups is 6. The molecule has 0 fully saturated rings. The van der Waals surface area contributed by atoms with E-state index in [4.69, 9.17) is 68.8 Å². The van der Waals surface area contributed by atoms with Crippen LogP contribution >= 0.6 is 36.3 Å². The number of thioether (sulfide) groups is 2. The molecule has 590 valence electrons. The first kappa shape index (κ1) is 90.2. The highest BCUT2D eigenvalue weighted by Gasteiger charge is 2.39. The summed E-state index contributed by atoms with van der Waals surface area (Å²) in [5, 5.41) is 19.4. The summed E-state index contributed by atoms with van der Waals surface area (Å²) in [5.74, 6) is -35.4. The van der Waals surface area contributed by atoms with Crippen LogP contribution in [-0.4, -0.2) is 194 Å². The molecule has 0 aliphatic carbocycles. The number of amides is 8. The van der Waals surface area contributed by atoms with Crippen molar-refractivity contribution in [2.75, 3.05) is 57.3 Å². The number of nitrogens with one attached hydrogen (secondary N) is 9. The summed E-state index contributed by atoms with van der Waals surface area (Å²) >= 11 is 3.52. The molecule has 3 heterocycles. The molecule has 47 heteroatoms. The molecule has 2 aromatic carbocycles. The fourth-order valence-corrected chi connectivity index (χ4v) is 12.0. The number of carbonyl (C=O) groups excluding carboxylic acids is 9. The number of aliphatic imine (C=N–C) groups is 6. The molecule has 106 heavy (non-hydrogen) atoms. The Bertz CT molecular complexity index is 3560. The zero-order chi connectivity index (χ0) is 79.7. The van der Waals surface area contributed by atoms with Crippen molar-refractivity contribution in [2.24, 2.45) is 105 Å². The summed E-state index contributed by atoms with van der Waals surface area (Å²) in [6.45, 7) is 1.08. The number of ketones is 1. The zero-order valence-electron chi connectivity index (χ0n) is 57.6. The molecule has 0 saturated heterocycles. The van der Waals surface area contributed by atoms with Gasteiger partial charge >= 0.3 is 0 Å². The first-order chi connectivity index (χ1) is 49.9. The van der Waals surface area contributed by atoms with Gasteiger partial charge in [-0.15, -0.1) is 23.5 Å². The molecule has 5 rings (SSSR count). The molecule has 8 atom stereocenters. The van der Waals surface area contributed by atoms with E-state index in [1.807, 2.05) is 0 Å². The maximum absolute atomic E-state index is 16.3. The normalized spacial score (nSPS) is 19.6. The Morgan fingerprint density at radius 2 is 0.632 bits per heavy atom. The standard InChI is InChI=1S/C59H91F8N27O9S3/c1-24(2)33(95)21-86-46(96)31-22-105-44-40(64)36(60)34(37(61)41(44)65)35-38(62)42(66)45(43(67)39(35)63)106-23-32(94-104)53(103)92-29(13-7-19-84-58(76)77)51(101)90-27(11-5-17-82-56(72)73)49(99)88-25(9-3-15-80-54(68)69)47(97)87-26(10-4-16-81-55(70)71)48(98)89-28(12-6-18-83-57(74)75)50(100)91-30(52(102)93-31)14-8-20-85-59(78)79/h24-32,94,104H,3-23H2,1-2H3,(H,86,96)(H,87,97)(H,88,99)(H,89,98)(H,90,101)(H,91,100)(H,92,103)(H,93,102)(H4,68,69,80)(H4,70,71,81)(H4,72,73,82)(H4,74,75,83)(H4,76,77,84)(H4,78,79,85). The quantitative estimate of drug-likeness (QED) is 0.00912. The summed E-state index contributed by atoms with van der Waals surface area (Å²) in [5.41, 5.74) is 61.9. The number of hydrogen-bond donors (Lipinski definition) is 22. The van der Waals surface area contributed by atoms with E-state index in [9.17, 15) is 43.2 Å². The van der Waals surface area contributed by atoms with Crippen LogP contribution in [0.5, 0.6) is 0 Å². The summed E-state index contributed by atoms with van der Waals surface area (Å²) in [4.78, 5) is 149. The molecule has 33 N–H and O–H groups in total. The molecule has 36 nitrogen and oxygen atoms in total. The summed E-state index contributed by atoms with van der Waals surface area (Å²) in [6.07, 6.45) is -2.79. The lowest BCUT2D eigenvalue weighted by Crippen LogP contribution is -2.60. The predicted octanol–water partition coefficient (Wildman–Crippen LogP) is -4.48. The van der Waals surface area contributed by atoms with Crippen LogP contribution in [0.4, 0.5) is 35.1 Å². The number of thiol groups is 1. The van der Waals surface area contributed by atoms with E-state index in [1.165, 1.54) is 13.8 Å². The van der Waals surface area contributed by atoms with Crippen molar-refractivity contribution in [3.05, 3.63) is 46.5 Å². The number of nitrogens with two attached hydrogens (primary N) is 12. The van der Waals surface area contributed by atoms with E-state index in [2.05, 4.69) is 90.0 Å². The second kappa shape index (κ2) is 45.3. The van der Waals surface area contributed by atoms with Gasteiger partial charge in [-0.2, -0.15) is 0 Å². The van der Waals surface area contributed by atoms with E-state index < -0.39 is 211 Å². The predicted molar refractivity (Wildman–Crippen MR) is 385 cm³/mol. The minimum absolute atomic E-state index is 0.0677. The summed E-state index contributed by atoms with van der Waals surface area (Å²) < 4.78 is 132. The van der Waals surface area contributed by atoms with Crippen LogP contribution in [0, 0.1) is 52.5 Å². The number of halogens is 8. The maximum Gasteiger partial charge on any atom is 0.243 e. The minimum Gasteiger partial charge on any atom is -0.370 e. The third-order valence-electron chi connectivity index (χ3n) is 15.1. The summed E-state index contributed by atoms with van der Waals surface area (Å²) in [6, 6.07) is -14.3. The number of carbonyl (C=O) groups is 9. The van der Waals surface area contributed by atoms with Crippen LogP contribution in [0.2, 0.25) is 0 Å². The Hall–Kier alpha value is -10.1. The highest BCUT2D eigenvalue weighted by molar-refractivity contribution is 7.99. The Kier molecular flexibility index (Phi) is 38.6. The fourth-order valence-electron chi connectivity index (χ4n) is 9.65. The van der Waals surface area contributed by atoms with Crippen molar-refractivity contribution in [1.29, 1.82) is 0 Å². The van der Waals surface area contributed by atoms with Crippen LogP contribution in [0.3, 0.4) is 0 Å². The first-order valence-electron chi connectivity index (χ1n) is 32.5. The van der Waals surface area contributed by atoms with Gasteiger partial charge in [0.15, 0.2) is 88.1 Å². The second-order valence-corrected chi connectivity index (χ2v) is 26.0. The van der Waals surface area contributed by atoms with Gasteiger partial charge in [0.25, 0.3) is 0 Å². The lowest BCUT2D eigenvalue weighted by atomic mass is 10.0. The number of hydrogen-bond acceptors (Lipinski definition) is 19. The first-order valence-corrected chi connectivity index (χ1v) is 35.0.